The summed E-state index contributed by atoms with van der Waals surface area (Å²) in [6, 6.07) is -0.580. The van der Waals surface area contributed by atoms with Crippen molar-refractivity contribution >= 4 is 28.3 Å². The van der Waals surface area contributed by atoms with E-state index in [9.17, 15) is 19.7 Å². The van der Waals surface area contributed by atoms with E-state index in [0.29, 0.717) is 19.6 Å². The number of nitro groups is 1. The van der Waals surface area contributed by atoms with Crippen molar-refractivity contribution in [2.45, 2.75) is 32.7 Å². The van der Waals surface area contributed by atoms with Crippen molar-refractivity contribution in [1.82, 2.24) is 14.8 Å². The summed E-state index contributed by atoms with van der Waals surface area (Å²) in [6.07, 6.45) is 4.30. The predicted molar refractivity (Wildman–Crippen MR) is 84.0 cm³/mol. The molecular formula is C13H19N5O4S. The molecule has 0 atom stereocenters. The smallest absolute Gasteiger partial charge is 0.341 e. The van der Waals surface area contributed by atoms with E-state index in [1.54, 1.807) is 11.8 Å². The van der Waals surface area contributed by atoms with Crippen molar-refractivity contribution in [2.75, 3.05) is 19.6 Å². The number of carbonyl (C=O) groups is 2. The van der Waals surface area contributed by atoms with Crippen LogP contribution in [0, 0.1) is 10.1 Å². The van der Waals surface area contributed by atoms with E-state index in [2.05, 4.69) is 10.3 Å². The highest BCUT2D eigenvalue weighted by atomic mass is 32.1. The summed E-state index contributed by atoms with van der Waals surface area (Å²) < 4.78 is 1.37. The molecule has 1 aliphatic heterocycles. The second-order valence-electron chi connectivity index (χ2n) is 5.13. The Morgan fingerprint density at radius 2 is 2.09 bits per heavy atom. The summed E-state index contributed by atoms with van der Waals surface area (Å²) in [4.78, 5) is 40.0. The molecule has 1 aromatic rings. The van der Waals surface area contributed by atoms with Gasteiger partial charge in [-0.05, 0) is 37.5 Å². The highest BCUT2D eigenvalue weighted by molar-refractivity contribution is 7.12. The Labute approximate surface area is 136 Å². The van der Waals surface area contributed by atoms with Crippen molar-refractivity contribution < 1.29 is 14.5 Å². The molecular weight excluding hydrogens is 322 g/mol. The van der Waals surface area contributed by atoms with Crippen molar-refractivity contribution in [3.05, 3.63) is 21.1 Å². The zero-order valence-corrected chi connectivity index (χ0v) is 13.7. The number of urea groups is 1. The van der Waals surface area contributed by atoms with Crippen LogP contribution in [0.1, 0.15) is 26.2 Å². The normalized spacial score (nSPS) is 15.5. The molecule has 1 N–H and O–H groups in total. The van der Waals surface area contributed by atoms with Gasteiger partial charge in [-0.15, -0.1) is 0 Å². The molecule has 2 rings (SSSR count). The lowest BCUT2D eigenvalue weighted by atomic mass is 10.1. The van der Waals surface area contributed by atoms with Crippen molar-refractivity contribution in [3.63, 3.8) is 0 Å². The number of nitrogens with one attached hydrogen (secondary N) is 1. The Hall–Kier alpha value is -2.23. The van der Waals surface area contributed by atoms with Gasteiger partial charge in [-0.1, -0.05) is 0 Å². The number of rotatable bonds is 4. The third-order valence-electron chi connectivity index (χ3n) is 3.43. The molecule has 0 unspecified atom stereocenters. The SMILES string of the molecule is CCNC(=O)N=c1sc([N+](=O)[O-])cn1CC(=O)N1CCCCC1. The summed E-state index contributed by atoms with van der Waals surface area (Å²) in [5, 5.41) is 13.3. The quantitative estimate of drug-likeness (QED) is 0.653. The number of likely N-dealkylation sites (tertiary alicyclic amines) is 1. The first kappa shape index (κ1) is 17.1. The Morgan fingerprint density at radius 1 is 1.39 bits per heavy atom. The Bertz CT molecular complexity index is 660. The van der Waals surface area contributed by atoms with E-state index < -0.39 is 11.0 Å². The fourth-order valence-corrected chi connectivity index (χ4v) is 3.12. The molecule has 0 bridgehead atoms. The van der Waals surface area contributed by atoms with E-state index >= 15 is 0 Å². The van der Waals surface area contributed by atoms with Crippen molar-refractivity contribution in [3.8, 4) is 0 Å². The van der Waals surface area contributed by atoms with Crippen LogP contribution in [0.4, 0.5) is 9.80 Å². The highest BCUT2D eigenvalue weighted by Gasteiger charge is 2.20. The maximum Gasteiger partial charge on any atom is 0.343 e. The zero-order chi connectivity index (χ0) is 16.8. The number of nitrogens with zero attached hydrogens (tertiary/aromatic N) is 4. The van der Waals surface area contributed by atoms with Crippen LogP contribution >= 0.6 is 11.3 Å². The second-order valence-corrected chi connectivity index (χ2v) is 6.11. The summed E-state index contributed by atoms with van der Waals surface area (Å²) in [7, 11) is 0. The molecule has 10 heteroatoms. The first-order valence-corrected chi connectivity index (χ1v) is 8.28. The van der Waals surface area contributed by atoms with Gasteiger partial charge in [0, 0.05) is 19.6 Å². The van der Waals surface area contributed by atoms with E-state index in [1.807, 2.05) is 0 Å². The summed E-state index contributed by atoms with van der Waals surface area (Å²) >= 11 is 0.776. The third-order valence-corrected chi connectivity index (χ3v) is 4.40. The van der Waals surface area contributed by atoms with Crippen LogP contribution < -0.4 is 10.1 Å². The Morgan fingerprint density at radius 3 is 2.70 bits per heavy atom. The third kappa shape index (κ3) is 4.62. The molecule has 9 nitrogen and oxygen atoms in total. The number of carbonyl (C=O) groups excluding carboxylic acids is 2. The number of aromatic nitrogens is 1. The van der Waals surface area contributed by atoms with Gasteiger partial charge in [0.15, 0.2) is 0 Å². The van der Waals surface area contributed by atoms with Gasteiger partial charge in [0.1, 0.15) is 6.54 Å². The fraction of sp³-hybridized carbons (Fsp3) is 0.615. The summed E-state index contributed by atoms with van der Waals surface area (Å²) in [5.74, 6) is -0.116. The molecule has 1 aliphatic rings. The Balaban J connectivity index is 2.23. The van der Waals surface area contributed by atoms with Crippen LogP contribution in [0.5, 0.6) is 0 Å². The first-order valence-electron chi connectivity index (χ1n) is 7.46. The molecule has 1 aromatic heterocycles. The molecule has 0 saturated carbocycles. The van der Waals surface area contributed by atoms with Crippen LogP contribution in [-0.4, -0.2) is 46.0 Å². The summed E-state index contributed by atoms with van der Waals surface area (Å²) in [6.45, 7) is 3.51. The van der Waals surface area contributed by atoms with Gasteiger partial charge in [-0.2, -0.15) is 4.99 Å². The number of amides is 3. The topological polar surface area (TPSA) is 110 Å². The number of hydrogen-bond donors (Lipinski definition) is 1. The molecule has 3 amide bonds. The number of hydrogen-bond acceptors (Lipinski definition) is 5. The van der Waals surface area contributed by atoms with Gasteiger partial charge in [0.05, 0.1) is 11.1 Å². The zero-order valence-electron chi connectivity index (χ0n) is 12.9. The van der Waals surface area contributed by atoms with Gasteiger partial charge < -0.3 is 14.8 Å². The van der Waals surface area contributed by atoms with Gasteiger partial charge in [-0.25, -0.2) is 4.79 Å². The van der Waals surface area contributed by atoms with Crippen LogP contribution in [-0.2, 0) is 11.3 Å². The second kappa shape index (κ2) is 7.86. The predicted octanol–water partition coefficient (Wildman–Crippen LogP) is 1.10. The summed E-state index contributed by atoms with van der Waals surface area (Å²) in [5.41, 5.74) is 0. The highest BCUT2D eigenvalue weighted by Crippen LogP contribution is 2.15. The minimum absolute atomic E-state index is 0.0530. The number of piperidine rings is 1. The average molecular weight is 341 g/mol. The minimum Gasteiger partial charge on any atom is -0.341 e. The standard InChI is InChI=1S/C13H19N5O4S/c1-2-14-12(20)15-13-17(9-11(23-13)18(21)22)8-10(19)16-6-4-3-5-7-16/h9H,2-8H2,1H3,(H,14,20). The van der Waals surface area contributed by atoms with Gasteiger partial charge >= 0.3 is 11.0 Å². The molecule has 126 valence electrons. The van der Waals surface area contributed by atoms with Crippen LogP contribution in [0.3, 0.4) is 0 Å². The monoisotopic (exact) mass is 341 g/mol. The minimum atomic E-state index is -0.580. The van der Waals surface area contributed by atoms with Gasteiger partial charge in [0.2, 0.25) is 10.7 Å². The molecule has 2 heterocycles. The number of thiazole rings is 1. The van der Waals surface area contributed by atoms with E-state index in [0.717, 1.165) is 30.6 Å². The average Bonchev–Trinajstić information content (AvgIpc) is 2.91. The van der Waals surface area contributed by atoms with Gasteiger partial charge in [-0.3, -0.25) is 14.9 Å². The molecule has 0 spiro atoms. The first-order chi connectivity index (χ1) is 11.0. The lowest BCUT2D eigenvalue weighted by Gasteiger charge is -2.26. The molecule has 1 fully saturated rings. The molecule has 0 aromatic carbocycles. The molecule has 0 aliphatic carbocycles. The van der Waals surface area contributed by atoms with Gasteiger partial charge in [0.25, 0.3) is 0 Å². The fourth-order valence-electron chi connectivity index (χ4n) is 2.32. The van der Waals surface area contributed by atoms with E-state index in [-0.39, 0.29) is 22.3 Å². The van der Waals surface area contributed by atoms with E-state index in [4.69, 9.17) is 0 Å². The maximum absolute atomic E-state index is 12.3. The van der Waals surface area contributed by atoms with Crippen LogP contribution in [0.25, 0.3) is 0 Å². The largest absolute Gasteiger partial charge is 0.343 e. The molecule has 0 radical (unpaired) electrons. The van der Waals surface area contributed by atoms with Crippen LogP contribution in [0.2, 0.25) is 0 Å². The van der Waals surface area contributed by atoms with Crippen molar-refractivity contribution in [2.24, 2.45) is 4.99 Å². The Kier molecular flexibility index (Phi) is 5.85. The molecule has 23 heavy (non-hydrogen) atoms. The van der Waals surface area contributed by atoms with Crippen LogP contribution in [0.15, 0.2) is 11.2 Å². The maximum atomic E-state index is 12.3. The van der Waals surface area contributed by atoms with E-state index in [1.165, 1.54) is 10.8 Å². The van der Waals surface area contributed by atoms with Crippen molar-refractivity contribution in [1.29, 1.82) is 0 Å². The lowest BCUT2D eigenvalue weighted by molar-refractivity contribution is -0.380. The molecule has 1 saturated heterocycles. The lowest BCUT2D eigenvalue weighted by Crippen LogP contribution is -2.39.